The summed E-state index contributed by atoms with van der Waals surface area (Å²) >= 11 is 7.50. The van der Waals surface area contributed by atoms with Gasteiger partial charge >= 0.3 is 0 Å². The molecule has 0 spiro atoms. The third kappa shape index (κ3) is 3.91. The molecule has 136 valence electrons. The normalized spacial score (nSPS) is 19.8. The fourth-order valence-electron chi connectivity index (χ4n) is 3.26. The number of nitrogens with one attached hydrogen (secondary N) is 1. The Morgan fingerprint density at radius 1 is 1.31 bits per heavy atom. The van der Waals surface area contributed by atoms with E-state index in [1.165, 1.54) is 0 Å². The van der Waals surface area contributed by atoms with Gasteiger partial charge in [-0.15, -0.1) is 11.3 Å². The lowest BCUT2D eigenvalue weighted by atomic mass is 10.1. The SMILES string of the molecule is O=C(NCCc1nc(-c2ccc(Cl)cc2)cs1)[C@@H]1CC(=O)N(C2CC2)C1. The van der Waals surface area contributed by atoms with Gasteiger partial charge in [0.1, 0.15) is 0 Å². The minimum absolute atomic E-state index is 0.0176. The van der Waals surface area contributed by atoms with E-state index in [0.29, 0.717) is 37.0 Å². The molecule has 1 atom stereocenters. The molecule has 4 rings (SSSR count). The quantitative estimate of drug-likeness (QED) is 0.825. The van der Waals surface area contributed by atoms with E-state index < -0.39 is 0 Å². The lowest BCUT2D eigenvalue weighted by Gasteiger charge is -2.15. The minimum atomic E-state index is -0.205. The topological polar surface area (TPSA) is 62.3 Å². The van der Waals surface area contributed by atoms with Crippen LogP contribution in [0.4, 0.5) is 0 Å². The molecule has 1 saturated heterocycles. The van der Waals surface area contributed by atoms with Gasteiger partial charge in [-0.25, -0.2) is 4.98 Å². The number of carbonyl (C=O) groups is 2. The van der Waals surface area contributed by atoms with E-state index in [9.17, 15) is 9.59 Å². The monoisotopic (exact) mass is 389 g/mol. The van der Waals surface area contributed by atoms with Crippen LogP contribution in [-0.4, -0.2) is 40.8 Å². The van der Waals surface area contributed by atoms with E-state index in [-0.39, 0.29) is 17.7 Å². The van der Waals surface area contributed by atoms with Crippen molar-refractivity contribution < 1.29 is 9.59 Å². The Bertz CT molecular complexity index is 816. The summed E-state index contributed by atoms with van der Waals surface area (Å²) in [5.41, 5.74) is 1.96. The number of hydrogen-bond donors (Lipinski definition) is 1. The molecular weight excluding hydrogens is 370 g/mol. The van der Waals surface area contributed by atoms with E-state index in [4.69, 9.17) is 11.6 Å². The molecule has 0 radical (unpaired) electrons. The third-order valence-electron chi connectivity index (χ3n) is 4.85. The van der Waals surface area contributed by atoms with Gasteiger partial charge in [0, 0.05) is 47.9 Å². The van der Waals surface area contributed by atoms with Crippen molar-refractivity contribution in [3.63, 3.8) is 0 Å². The number of benzene rings is 1. The number of carbonyl (C=O) groups excluding carboxylic acids is 2. The Hall–Kier alpha value is -1.92. The van der Waals surface area contributed by atoms with E-state index in [2.05, 4.69) is 10.3 Å². The average Bonchev–Trinajstić information content (AvgIpc) is 3.23. The molecule has 2 aliphatic rings. The smallest absolute Gasteiger partial charge is 0.225 e. The lowest BCUT2D eigenvalue weighted by molar-refractivity contribution is -0.129. The summed E-state index contributed by atoms with van der Waals surface area (Å²) in [6, 6.07) is 7.99. The molecule has 1 saturated carbocycles. The molecule has 1 aromatic carbocycles. The van der Waals surface area contributed by atoms with Crippen LogP contribution in [0, 0.1) is 5.92 Å². The first kappa shape index (κ1) is 17.5. The summed E-state index contributed by atoms with van der Waals surface area (Å²) in [5, 5.41) is 6.67. The Labute approximate surface area is 161 Å². The van der Waals surface area contributed by atoms with Crippen LogP contribution < -0.4 is 5.32 Å². The number of rotatable bonds is 6. The van der Waals surface area contributed by atoms with E-state index >= 15 is 0 Å². The third-order valence-corrected chi connectivity index (χ3v) is 6.01. The molecule has 5 nitrogen and oxygen atoms in total. The van der Waals surface area contributed by atoms with Crippen LogP contribution in [0.15, 0.2) is 29.6 Å². The van der Waals surface area contributed by atoms with Gasteiger partial charge in [0.05, 0.1) is 16.6 Å². The van der Waals surface area contributed by atoms with Crippen molar-refractivity contribution in [1.82, 2.24) is 15.2 Å². The lowest BCUT2D eigenvalue weighted by Crippen LogP contribution is -2.34. The van der Waals surface area contributed by atoms with Crippen molar-refractivity contribution in [1.29, 1.82) is 0 Å². The van der Waals surface area contributed by atoms with Crippen molar-refractivity contribution in [2.45, 2.75) is 31.7 Å². The number of halogens is 1. The zero-order valence-electron chi connectivity index (χ0n) is 14.3. The van der Waals surface area contributed by atoms with Crippen molar-refractivity contribution in [3.8, 4) is 11.3 Å². The Kier molecular flexibility index (Phi) is 4.96. The zero-order chi connectivity index (χ0) is 18.1. The van der Waals surface area contributed by atoms with E-state index in [1.807, 2.05) is 34.5 Å². The standard InChI is InChI=1S/C19H20ClN3O2S/c20-14-3-1-12(2-4-14)16-11-26-17(22-16)7-8-21-19(25)13-9-18(24)23(10-13)15-5-6-15/h1-4,11,13,15H,5-10H2,(H,21,25)/t13-/m1/s1. The highest BCUT2D eigenvalue weighted by Gasteiger charge is 2.41. The van der Waals surface area contributed by atoms with Crippen molar-refractivity contribution in [2.75, 3.05) is 13.1 Å². The molecule has 2 heterocycles. The summed E-state index contributed by atoms with van der Waals surface area (Å²) in [4.78, 5) is 30.8. The van der Waals surface area contributed by atoms with Gasteiger partial charge < -0.3 is 10.2 Å². The highest BCUT2D eigenvalue weighted by atomic mass is 35.5. The summed E-state index contributed by atoms with van der Waals surface area (Å²) in [6.45, 7) is 1.12. The van der Waals surface area contributed by atoms with Crippen molar-refractivity contribution >= 4 is 34.8 Å². The van der Waals surface area contributed by atoms with Crippen LogP contribution >= 0.6 is 22.9 Å². The number of likely N-dealkylation sites (tertiary alicyclic amines) is 1. The Balaban J connectivity index is 1.26. The summed E-state index contributed by atoms with van der Waals surface area (Å²) in [5.74, 6) is -0.0971. The molecule has 0 unspecified atom stereocenters. The van der Waals surface area contributed by atoms with Crippen molar-refractivity contribution in [2.24, 2.45) is 5.92 Å². The zero-order valence-corrected chi connectivity index (χ0v) is 15.9. The Morgan fingerprint density at radius 2 is 2.08 bits per heavy atom. The highest BCUT2D eigenvalue weighted by Crippen LogP contribution is 2.32. The molecule has 7 heteroatoms. The molecule has 2 aromatic rings. The average molecular weight is 390 g/mol. The number of aromatic nitrogens is 1. The van der Waals surface area contributed by atoms with E-state index in [1.54, 1.807) is 11.3 Å². The van der Waals surface area contributed by atoms with Crippen LogP contribution in [0.5, 0.6) is 0 Å². The molecule has 1 aliphatic heterocycles. The largest absolute Gasteiger partial charge is 0.355 e. The Morgan fingerprint density at radius 3 is 2.81 bits per heavy atom. The fraction of sp³-hybridized carbons (Fsp3) is 0.421. The number of amides is 2. The van der Waals surface area contributed by atoms with Crippen LogP contribution in [0.1, 0.15) is 24.3 Å². The molecule has 0 bridgehead atoms. The van der Waals surface area contributed by atoms with Gasteiger partial charge in [-0.3, -0.25) is 9.59 Å². The van der Waals surface area contributed by atoms with Gasteiger partial charge in [0.25, 0.3) is 0 Å². The first-order valence-electron chi connectivity index (χ1n) is 8.87. The second-order valence-corrected chi connectivity index (χ2v) is 8.23. The first-order valence-corrected chi connectivity index (χ1v) is 10.1. The summed E-state index contributed by atoms with van der Waals surface area (Å²) in [7, 11) is 0. The van der Waals surface area contributed by atoms with Gasteiger partial charge in [-0.2, -0.15) is 0 Å². The second-order valence-electron chi connectivity index (χ2n) is 6.85. The van der Waals surface area contributed by atoms with Gasteiger partial charge in [-0.05, 0) is 25.0 Å². The number of hydrogen-bond acceptors (Lipinski definition) is 4. The predicted octanol–water partition coefficient (Wildman–Crippen LogP) is 3.13. The highest BCUT2D eigenvalue weighted by molar-refractivity contribution is 7.09. The maximum Gasteiger partial charge on any atom is 0.225 e. The van der Waals surface area contributed by atoms with Crippen LogP contribution in [0.2, 0.25) is 5.02 Å². The van der Waals surface area contributed by atoms with Crippen LogP contribution in [0.25, 0.3) is 11.3 Å². The minimum Gasteiger partial charge on any atom is -0.355 e. The molecule has 2 amide bonds. The van der Waals surface area contributed by atoms with E-state index in [0.717, 1.165) is 29.1 Å². The molecule has 1 N–H and O–H groups in total. The first-order chi connectivity index (χ1) is 12.6. The number of nitrogens with zero attached hydrogens (tertiary/aromatic N) is 2. The molecule has 2 fully saturated rings. The maximum atomic E-state index is 12.3. The summed E-state index contributed by atoms with van der Waals surface area (Å²) < 4.78 is 0. The number of thiazole rings is 1. The molecule has 1 aliphatic carbocycles. The van der Waals surface area contributed by atoms with Gasteiger partial charge in [-0.1, -0.05) is 23.7 Å². The van der Waals surface area contributed by atoms with Gasteiger partial charge in [0.2, 0.25) is 11.8 Å². The predicted molar refractivity (Wildman–Crippen MR) is 102 cm³/mol. The molecule has 1 aromatic heterocycles. The van der Waals surface area contributed by atoms with Gasteiger partial charge in [0.15, 0.2) is 0 Å². The van der Waals surface area contributed by atoms with Crippen LogP contribution in [0.3, 0.4) is 0 Å². The maximum absolute atomic E-state index is 12.3. The van der Waals surface area contributed by atoms with Crippen LogP contribution in [-0.2, 0) is 16.0 Å². The summed E-state index contributed by atoms with van der Waals surface area (Å²) in [6.07, 6.45) is 3.21. The molecular formula is C19H20ClN3O2S. The molecule has 26 heavy (non-hydrogen) atoms. The van der Waals surface area contributed by atoms with Crippen molar-refractivity contribution in [3.05, 3.63) is 39.7 Å². The fourth-order valence-corrected chi connectivity index (χ4v) is 4.20. The second kappa shape index (κ2) is 7.37.